The number of halogens is 1. The third-order valence-electron chi connectivity index (χ3n) is 3.13. The van der Waals surface area contributed by atoms with Crippen molar-refractivity contribution in [3.05, 3.63) is 54.0 Å². The highest BCUT2D eigenvalue weighted by Gasteiger charge is 2.10. The summed E-state index contributed by atoms with van der Waals surface area (Å²) in [7, 11) is 0. The molecule has 1 aromatic carbocycles. The molecule has 0 unspecified atom stereocenters. The Bertz CT molecular complexity index is 768. The molecule has 0 saturated heterocycles. The molecule has 2 aromatic heterocycles. The molecule has 1 N–H and O–H groups in total. The minimum Gasteiger partial charge on any atom is -0.461 e. The highest BCUT2D eigenvalue weighted by Crippen LogP contribution is 2.12. The Balaban J connectivity index is 1.47. The smallest absolute Gasteiger partial charge is 0.243 e. The fourth-order valence-corrected chi connectivity index (χ4v) is 2.00. The molecule has 0 atom stereocenters. The number of aromatic nitrogens is 4. The Morgan fingerprint density at radius 3 is 2.83 bits per heavy atom. The molecule has 0 bridgehead atoms. The summed E-state index contributed by atoms with van der Waals surface area (Å²) in [5.74, 6) is 0.319. The average molecular weight is 315 g/mol. The highest BCUT2D eigenvalue weighted by atomic mass is 19.1. The first kappa shape index (κ1) is 14.9. The van der Waals surface area contributed by atoms with Crippen LogP contribution in [0.4, 0.5) is 4.39 Å². The van der Waals surface area contributed by atoms with Gasteiger partial charge in [-0.25, -0.2) is 4.39 Å². The summed E-state index contributed by atoms with van der Waals surface area (Å²) in [5, 5.41) is 14.4. The fourth-order valence-electron chi connectivity index (χ4n) is 2.00. The second-order valence-electron chi connectivity index (χ2n) is 4.85. The van der Waals surface area contributed by atoms with E-state index in [1.54, 1.807) is 24.3 Å². The summed E-state index contributed by atoms with van der Waals surface area (Å²) in [6, 6.07) is 9.60. The van der Waals surface area contributed by atoms with Crippen molar-refractivity contribution in [3.63, 3.8) is 0 Å². The van der Waals surface area contributed by atoms with Crippen LogP contribution in [0.3, 0.4) is 0 Å². The van der Waals surface area contributed by atoms with Crippen molar-refractivity contribution >= 4 is 5.91 Å². The lowest BCUT2D eigenvalue weighted by Gasteiger charge is -2.04. The minimum absolute atomic E-state index is 0.0306. The number of tetrazole rings is 1. The van der Waals surface area contributed by atoms with Crippen molar-refractivity contribution in [2.75, 3.05) is 6.54 Å². The van der Waals surface area contributed by atoms with E-state index < -0.39 is 0 Å². The van der Waals surface area contributed by atoms with E-state index in [1.165, 1.54) is 23.2 Å². The van der Waals surface area contributed by atoms with Crippen molar-refractivity contribution in [3.8, 4) is 11.6 Å². The first-order valence-corrected chi connectivity index (χ1v) is 7.03. The highest BCUT2D eigenvalue weighted by molar-refractivity contribution is 5.75. The Morgan fingerprint density at radius 1 is 1.26 bits per heavy atom. The van der Waals surface area contributed by atoms with Gasteiger partial charge in [0.25, 0.3) is 0 Å². The minimum atomic E-state index is -0.276. The number of benzene rings is 1. The second-order valence-corrected chi connectivity index (χ2v) is 4.85. The second kappa shape index (κ2) is 6.82. The van der Waals surface area contributed by atoms with E-state index in [2.05, 4.69) is 20.7 Å². The molecule has 2 heterocycles. The van der Waals surface area contributed by atoms with Gasteiger partial charge in [0.15, 0.2) is 5.76 Å². The van der Waals surface area contributed by atoms with Crippen LogP contribution in [-0.2, 0) is 17.8 Å². The van der Waals surface area contributed by atoms with Gasteiger partial charge in [-0.15, -0.1) is 10.2 Å². The first-order valence-electron chi connectivity index (χ1n) is 7.03. The van der Waals surface area contributed by atoms with Crippen LogP contribution in [0.1, 0.15) is 5.56 Å². The van der Waals surface area contributed by atoms with Crippen LogP contribution in [0.5, 0.6) is 0 Å². The van der Waals surface area contributed by atoms with Crippen molar-refractivity contribution in [1.82, 2.24) is 25.5 Å². The molecule has 0 saturated carbocycles. The molecule has 8 heteroatoms. The quantitative estimate of drug-likeness (QED) is 0.744. The molecule has 0 aliphatic rings. The van der Waals surface area contributed by atoms with E-state index in [-0.39, 0.29) is 18.3 Å². The number of amides is 1. The van der Waals surface area contributed by atoms with Gasteiger partial charge in [-0.05, 0) is 41.5 Å². The Kier molecular flexibility index (Phi) is 4.41. The maximum Gasteiger partial charge on any atom is 0.243 e. The number of nitrogens with one attached hydrogen (secondary N) is 1. The maximum atomic E-state index is 12.8. The van der Waals surface area contributed by atoms with Gasteiger partial charge in [-0.3, -0.25) is 4.79 Å². The number of furan rings is 1. The van der Waals surface area contributed by atoms with Crippen molar-refractivity contribution < 1.29 is 13.6 Å². The number of hydrogen-bond acceptors (Lipinski definition) is 5. The lowest BCUT2D eigenvalue weighted by molar-refractivity contribution is -0.122. The normalized spacial score (nSPS) is 10.7. The predicted octanol–water partition coefficient (Wildman–Crippen LogP) is 1.43. The Labute approximate surface area is 131 Å². The summed E-state index contributed by atoms with van der Waals surface area (Å²) in [6.07, 6.45) is 2.13. The third-order valence-corrected chi connectivity index (χ3v) is 3.13. The average Bonchev–Trinajstić information content (AvgIpc) is 3.20. The lowest BCUT2D eigenvalue weighted by Crippen LogP contribution is -2.30. The molecule has 3 aromatic rings. The summed E-state index contributed by atoms with van der Waals surface area (Å²) in [5.41, 5.74) is 0.950. The summed E-state index contributed by atoms with van der Waals surface area (Å²) < 4.78 is 17.9. The number of rotatable bonds is 6. The van der Waals surface area contributed by atoms with E-state index in [4.69, 9.17) is 4.42 Å². The van der Waals surface area contributed by atoms with Gasteiger partial charge in [0.05, 0.1) is 6.26 Å². The van der Waals surface area contributed by atoms with Crippen LogP contribution in [0.25, 0.3) is 11.6 Å². The number of carbonyl (C=O) groups is 1. The van der Waals surface area contributed by atoms with Gasteiger partial charge < -0.3 is 9.73 Å². The summed E-state index contributed by atoms with van der Waals surface area (Å²) in [6.45, 7) is 0.418. The van der Waals surface area contributed by atoms with Crippen LogP contribution in [0, 0.1) is 5.82 Å². The van der Waals surface area contributed by atoms with E-state index in [1.807, 2.05) is 0 Å². The fraction of sp³-hybridized carbons (Fsp3) is 0.200. The van der Waals surface area contributed by atoms with E-state index >= 15 is 0 Å². The number of hydrogen-bond donors (Lipinski definition) is 1. The SMILES string of the molecule is O=C(Cn1nnc(-c2ccco2)n1)NCCc1ccc(F)cc1. The van der Waals surface area contributed by atoms with Gasteiger partial charge in [0, 0.05) is 6.54 Å². The first-order chi connectivity index (χ1) is 11.2. The van der Waals surface area contributed by atoms with E-state index in [0.29, 0.717) is 24.6 Å². The van der Waals surface area contributed by atoms with Gasteiger partial charge >= 0.3 is 0 Å². The summed E-state index contributed by atoms with van der Waals surface area (Å²) >= 11 is 0. The molecule has 23 heavy (non-hydrogen) atoms. The molecular formula is C15H14FN5O2. The lowest BCUT2D eigenvalue weighted by atomic mass is 10.1. The number of nitrogens with zero attached hydrogens (tertiary/aromatic N) is 4. The monoisotopic (exact) mass is 315 g/mol. The van der Waals surface area contributed by atoms with Crippen LogP contribution >= 0.6 is 0 Å². The van der Waals surface area contributed by atoms with Crippen molar-refractivity contribution in [2.24, 2.45) is 0 Å². The molecular weight excluding hydrogens is 301 g/mol. The topological polar surface area (TPSA) is 85.8 Å². The van der Waals surface area contributed by atoms with Crippen LogP contribution in [0.2, 0.25) is 0 Å². The third kappa shape index (κ3) is 4.00. The predicted molar refractivity (Wildman–Crippen MR) is 78.6 cm³/mol. The molecule has 0 radical (unpaired) electrons. The Morgan fingerprint density at radius 2 is 2.09 bits per heavy atom. The number of carbonyl (C=O) groups excluding carboxylic acids is 1. The molecule has 3 rings (SSSR count). The van der Waals surface area contributed by atoms with Gasteiger partial charge in [-0.1, -0.05) is 12.1 Å². The molecule has 118 valence electrons. The van der Waals surface area contributed by atoms with Gasteiger partial charge in [0.1, 0.15) is 12.4 Å². The van der Waals surface area contributed by atoms with E-state index in [9.17, 15) is 9.18 Å². The Hall–Kier alpha value is -3.03. The van der Waals surface area contributed by atoms with Crippen LogP contribution in [-0.4, -0.2) is 32.7 Å². The van der Waals surface area contributed by atoms with Crippen molar-refractivity contribution in [2.45, 2.75) is 13.0 Å². The van der Waals surface area contributed by atoms with E-state index in [0.717, 1.165) is 5.56 Å². The molecule has 7 nitrogen and oxygen atoms in total. The van der Waals surface area contributed by atoms with Gasteiger partial charge in [-0.2, -0.15) is 4.80 Å². The zero-order valence-electron chi connectivity index (χ0n) is 12.1. The van der Waals surface area contributed by atoms with Gasteiger partial charge in [0.2, 0.25) is 11.7 Å². The van der Waals surface area contributed by atoms with Crippen LogP contribution < -0.4 is 5.32 Å². The molecule has 0 aliphatic heterocycles. The molecule has 0 fully saturated rings. The zero-order chi connectivity index (χ0) is 16.1. The zero-order valence-corrected chi connectivity index (χ0v) is 12.1. The molecule has 0 aliphatic carbocycles. The standard InChI is InChI=1S/C15H14FN5O2/c16-12-5-3-11(4-6-12)7-8-17-14(22)10-21-19-15(18-20-21)13-2-1-9-23-13/h1-6,9H,7-8,10H2,(H,17,22). The largest absolute Gasteiger partial charge is 0.461 e. The van der Waals surface area contributed by atoms with Crippen LogP contribution in [0.15, 0.2) is 47.1 Å². The van der Waals surface area contributed by atoms with Crippen molar-refractivity contribution in [1.29, 1.82) is 0 Å². The summed E-state index contributed by atoms with van der Waals surface area (Å²) in [4.78, 5) is 13.0. The maximum absolute atomic E-state index is 12.8. The molecule has 1 amide bonds. The molecule has 0 spiro atoms.